The minimum absolute atomic E-state index is 0.0224. The maximum atomic E-state index is 13.8. The van der Waals surface area contributed by atoms with Gasteiger partial charge >= 0.3 is 0 Å². The Morgan fingerprint density at radius 2 is 1.86 bits per heavy atom. The van der Waals surface area contributed by atoms with Crippen LogP contribution in [-0.2, 0) is 6.54 Å². The first-order valence-electron chi connectivity index (χ1n) is 12.5. The van der Waals surface area contributed by atoms with Gasteiger partial charge in [-0.25, -0.2) is 0 Å². The van der Waals surface area contributed by atoms with Gasteiger partial charge in [0, 0.05) is 5.02 Å². The Kier molecular flexibility index (Phi) is 7.24. The minimum Gasteiger partial charge on any atom is -0.490 e. The van der Waals surface area contributed by atoms with E-state index in [1.807, 2.05) is 25.1 Å². The molecule has 192 valence electrons. The molecule has 7 nitrogen and oxygen atoms in total. The number of furan rings is 1. The average molecular weight is 522 g/mol. The molecule has 37 heavy (non-hydrogen) atoms. The lowest BCUT2D eigenvalue weighted by Gasteiger charge is -2.25. The number of carbonyl (C=O) groups is 1. The van der Waals surface area contributed by atoms with Gasteiger partial charge in [0.05, 0.1) is 43.0 Å². The topological polar surface area (TPSA) is 82.1 Å². The Morgan fingerprint density at radius 3 is 2.62 bits per heavy atom. The molecule has 1 atom stereocenters. The number of hydrogen-bond acceptors (Lipinski definition) is 6. The van der Waals surface area contributed by atoms with Crippen LogP contribution in [0.25, 0.3) is 11.0 Å². The van der Waals surface area contributed by atoms with Crippen molar-refractivity contribution in [1.29, 1.82) is 0 Å². The molecule has 0 aliphatic carbocycles. The van der Waals surface area contributed by atoms with Crippen LogP contribution in [0, 0.1) is 0 Å². The van der Waals surface area contributed by atoms with Crippen molar-refractivity contribution in [3.05, 3.63) is 92.7 Å². The standard InChI is InChI=1S/C29H28ClNO6/c1-3-5-6-13-36-23-11-9-18(15-24(23)34-4-2)26-25-27(32)21-16-19(30)10-12-22(21)37-28(25)29(33)31(26)17-20-8-7-14-35-20/h7-12,14-16,26H,3-6,13,17H2,1-2H3. The van der Waals surface area contributed by atoms with Crippen molar-refractivity contribution in [3.63, 3.8) is 0 Å². The summed E-state index contributed by atoms with van der Waals surface area (Å²) in [6.45, 7) is 5.23. The number of nitrogens with zero attached hydrogens (tertiary/aromatic N) is 1. The first-order valence-corrected chi connectivity index (χ1v) is 12.9. The van der Waals surface area contributed by atoms with Crippen LogP contribution in [-0.4, -0.2) is 24.0 Å². The predicted molar refractivity (Wildman–Crippen MR) is 141 cm³/mol. The van der Waals surface area contributed by atoms with Gasteiger partial charge in [0.1, 0.15) is 11.3 Å². The van der Waals surface area contributed by atoms with Crippen molar-refractivity contribution in [3.8, 4) is 11.5 Å². The number of halogens is 1. The van der Waals surface area contributed by atoms with Gasteiger partial charge in [-0.1, -0.05) is 37.4 Å². The number of amides is 1. The van der Waals surface area contributed by atoms with E-state index >= 15 is 0 Å². The molecule has 0 spiro atoms. The van der Waals surface area contributed by atoms with Crippen LogP contribution in [0.5, 0.6) is 11.5 Å². The third-order valence-electron chi connectivity index (χ3n) is 6.42. The van der Waals surface area contributed by atoms with Gasteiger partial charge in [-0.3, -0.25) is 9.59 Å². The van der Waals surface area contributed by atoms with E-state index in [0.29, 0.717) is 52.0 Å². The second kappa shape index (κ2) is 10.7. The SMILES string of the molecule is CCCCCOc1ccc(C2c3c(oc4ccc(Cl)cc4c3=O)C(=O)N2Cc2ccco2)cc1OCC. The molecule has 0 fully saturated rings. The van der Waals surface area contributed by atoms with Crippen LogP contribution in [0.3, 0.4) is 0 Å². The molecule has 0 radical (unpaired) electrons. The largest absolute Gasteiger partial charge is 0.490 e. The lowest BCUT2D eigenvalue weighted by Crippen LogP contribution is -2.29. The van der Waals surface area contributed by atoms with E-state index in [1.165, 1.54) is 0 Å². The monoisotopic (exact) mass is 521 g/mol. The molecule has 0 saturated heterocycles. The summed E-state index contributed by atoms with van der Waals surface area (Å²) >= 11 is 6.18. The van der Waals surface area contributed by atoms with Crippen LogP contribution in [0.2, 0.25) is 5.02 Å². The number of unbranched alkanes of at least 4 members (excludes halogenated alkanes) is 2. The van der Waals surface area contributed by atoms with E-state index in [0.717, 1.165) is 19.3 Å². The highest BCUT2D eigenvalue weighted by Crippen LogP contribution is 2.42. The van der Waals surface area contributed by atoms with Crippen molar-refractivity contribution < 1.29 is 23.1 Å². The lowest BCUT2D eigenvalue weighted by molar-refractivity contribution is 0.0701. The molecule has 0 bridgehead atoms. The molecule has 0 N–H and O–H groups in total. The first kappa shape index (κ1) is 25.0. The molecule has 3 heterocycles. The van der Waals surface area contributed by atoms with E-state index in [-0.39, 0.29) is 29.2 Å². The number of benzene rings is 2. The predicted octanol–water partition coefficient (Wildman–Crippen LogP) is 6.75. The zero-order chi connectivity index (χ0) is 25.9. The average Bonchev–Trinajstić information content (AvgIpc) is 3.50. The summed E-state index contributed by atoms with van der Waals surface area (Å²) in [7, 11) is 0. The summed E-state index contributed by atoms with van der Waals surface area (Å²) in [6.07, 6.45) is 4.68. The highest BCUT2D eigenvalue weighted by molar-refractivity contribution is 6.31. The minimum atomic E-state index is -0.708. The van der Waals surface area contributed by atoms with Crippen molar-refractivity contribution in [2.75, 3.05) is 13.2 Å². The van der Waals surface area contributed by atoms with Gasteiger partial charge in [0.2, 0.25) is 5.76 Å². The number of ether oxygens (including phenoxy) is 2. The second-order valence-electron chi connectivity index (χ2n) is 8.92. The van der Waals surface area contributed by atoms with Crippen LogP contribution >= 0.6 is 11.6 Å². The summed E-state index contributed by atoms with van der Waals surface area (Å²) in [4.78, 5) is 29.0. The fraction of sp³-hybridized carbons (Fsp3) is 0.310. The van der Waals surface area contributed by atoms with Gasteiger partial charge in [0.25, 0.3) is 5.91 Å². The molecule has 2 aromatic heterocycles. The molecule has 1 amide bonds. The molecule has 4 aromatic rings. The Labute approximate surface area is 219 Å². The zero-order valence-electron chi connectivity index (χ0n) is 20.8. The number of carbonyl (C=O) groups excluding carboxylic acids is 1. The number of rotatable bonds is 10. The van der Waals surface area contributed by atoms with Crippen LogP contribution in [0.15, 0.2) is 68.4 Å². The Balaban J connectivity index is 1.62. The zero-order valence-corrected chi connectivity index (χ0v) is 21.5. The molecule has 8 heteroatoms. The Hall–Kier alpha value is -3.71. The van der Waals surface area contributed by atoms with Crippen molar-refractivity contribution in [2.24, 2.45) is 0 Å². The summed E-state index contributed by atoms with van der Waals surface area (Å²) in [5.41, 5.74) is 0.991. The fourth-order valence-corrected chi connectivity index (χ4v) is 4.86. The molecular weight excluding hydrogens is 494 g/mol. The fourth-order valence-electron chi connectivity index (χ4n) is 4.69. The lowest BCUT2D eigenvalue weighted by atomic mass is 9.98. The van der Waals surface area contributed by atoms with Crippen molar-refractivity contribution >= 4 is 28.5 Å². The summed E-state index contributed by atoms with van der Waals surface area (Å²) in [6, 6.07) is 13.2. The van der Waals surface area contributed by atoms with Crippen molar-refractivity contribution in [1.82, 2.24) is 4.90 Å². The number of fused-ring (bicyclic) bond motifs is 2. The van der Waals surface area contributed by atoms with Crippen LogP contribution in [0.4, 0.5) is 0 Å². The van der Waals surface area contributed by atoms with Crippen LogP contribution < -0.4 is 14.9 Å². The van der Waals surface area contributed by atoms with E-state index < -0.39 is 6.04 Å². The van der Waals surface area contributed by atoms with Gasteiger partial charge < -0.3 is 23.2 Å². The van der Waals surface area contributed by atoms with Crippen LogP contribution in [0.1, 0.15) is 66.6 Å². The molecule has 2 aromatic carbocycles. The maximum Gasteiger partial charge on any atom is 0.291 e. The first-order chi connectivity index (χ1) is 18.0. The molecule has 1 aliphatic rings. The Morgan fingerprint density at radius 1 is 1.00 bits per heavy atom. The van der Waals surface area contributed by atoms with Gasteiger partial charge in [-0.2, -0.15) is 0 Å². The molecule has 5 rings (SSSR count). The molecular formula is C29H28ClNO6. The van der Waals surface area contributed by atoms with Crippen molar-refractivity contribution in [2.45, 2.75) is 45.7 Å². The molecule has 1 aliphatic heterocycles. The van der Waals surface area contributed by atoms with Gasteiger partial charge in [-0.15, -0.1) is 0 Å². The number of hydrogen-bond donors (Lipinski definition) is 0. The highest BCUT2D eigenvalue weighted by atomic mass is 35.5. The van der Waals surface area contributed by atoms with E-state index in [1.54, 1.807) is 41.5 Å². The third-order valence-corrected chi connectivity index (χ3v) is 6.66. The quantitative estimate of drug-likeness (QED) is 0.215. The normalized spacial score (nSPS) is 14.8. The van der Waals surface area contributed by atoms with E-state index in [9.17, 15) is 9.59 Å². The van der Waals surface area contributed by atoms with Gasteiger partial charge in [-0.05, 0) is 61.4 Å². The van der Waals surface area contributed by atoms with Gasteiger partial charge in [0.15, 0.2) is 16.9 Å². The third kappa shape index (κ3) is 4.83. The van der Waals surface area contributed by atoms with E-state index in [2.05, 4.69) is 6.92 Å². The highest BCUT2D eigenvalue weighted by Gasteiger charge is 2.43. The smallest absolute Gasteiger partial charge is 0.291 e. The maximum absolute atomic E-state index is 13.8. The Bertz CT molecular complexity index is 1480. The second-order valence-corrected chi connectivity index (χ2v) is 9.36. The summed E-state index contributed by atoms with van der Waals surface area (Å²) in [5, 5.41) is 0.737. The van der Waals surface area contributed by atoms with E-state index in [4.69, 9.17) is 29.9 Å². The summed E-state index contributed by atoms with van der Waals surface area (Å²) in [5.74, 6) is 1.41. The molecule has 0 saturated carbocycles. The molecule has 1 unspecified atom stereocenters. The summed E-state index contributed by atoms with van der Waals surface area (Å²) < 4.78 is 23.4.